The third-order valence-corrected chi connectivity index (χ3v) is 3.55. The first-order valence-electron chi connectivity index (χ1n) is 7.42. The fraction of sp³-hybridized carbons (Fsp3) is 0.562. The van der Waals surface area contributed by atoms with Gasteiger partial charge >= 0.3 is 0 Å². The Hall–Kier alpha value is -1.55. The summed E-state index contributed by atoms with van der Waals surface area (Å²) >= 11 is 0. The fourth-order valence-corrected chi connectivity index (χ4v) is 2.45. The molecule has 0 aliphatic carbocycles. The number of carbonyl (C=O) groups excluding carboxylic acids is 1. The van der Waals surface area contributed by atoms with Gasteiger partial charge in [-0.3, -0.25) is 4.79 Å². The molecular weight excluding hydrogens is 252 g/mol. The number of benzene rings is 1. The molecule has 1 fully saturated rings. The number of anilines is 1. The Labute approximate surface area is 120 Å². The summed E-state index contributed by atoms with van der Waals surface area (Å²) < 4.78 is 5.77. The van der Waals surface area contributed by atoms with E-state index in [1.807, 2.05) is 31.2 Å². The van der Waals surface area contributed by atoms with E-state index in [4.69, 9.17) is 4.74 Å². The van der Waals surface area contributed by atoms with Gasteiger partial charge in [-0.1, -0.05) is 12.1 Å². The highest BCUT2D eigenvalue weighted by Crippen LogP contribution is 2.19. The lowest BCUT2D eigenvalue weighted by Gasteiger charge is -2.13. The van der Waals surface area contributed by atoms with E-state index in [-0.39, 0.29) is 5.91 Å². The van der Waals surface area contributed by atoms with E-state index in [9.17, 15) is 4.79 Å². The summed E-state index contributed by atoms with van der Waals surface area (Å²) in [6, 6.07) is 8.03. The summed E-state index contributed by atoms with van der Waals surface area (Å²) in [4.78, 5) is 11.5. The zero-order chi connectivity index (χ0) is 14.4. The van der Waals surface area contributed by atoms with Crippen molar-refractivity contribution in [2.75, 3.05) is 18.4 Å². The van der Waals surface area contributed by atoms with E-state index in [0.717, 1.165) is 30.6 Å². The molecule has 0 radical (unpaired) electrons. The summed E-state index contributed by atoms with van der Waals surface area (Å²) in [6.45, 7) is 5.57. The van der Waals surface area contributed by atoms with Crippen LogP contribution in [0.1, 0.15) is 32.3 Å². The van der Waals surface area contributed by atoms with Gasteiger partial charge in [-0.05, 0) is 44.4 Å². The molecule has 4 heteroatoms. The van der Waals surface area contributed by atoms with Gasteiger partial charge in [0.2, 0.25) is 5.91 Å². The second-order valence-electron chi connectivity index (χ2n) is 5.35. The molecule has 1 amide bonds. The minimum atomic E-state index is 0.0709. The van der Waals surface area contributed by atoms with Crippen molar-refractivity contribution < 1.29 is 9.53 Å². The minimum Gasteiger partial charge on any atom is -0.382 e. The summed E-state index contributed by atoms with van der Waals surface area (Å²) in [5.41, 5.74) is 2.11. The number of amides is 1. The van der Waals surface area contributed by atoms with Gasteiger partial charge in [0.25, 0.3) is 0 Å². The second-order valence-corrected chi connectivity index (χ2v) is 5.35. The molecule has 1 aliphatic heterocycles. The van der Waals surface area contributed by atoms with Crippen LogP contribution < -0.4 is 10.6 Å². The van der Waals surface area contributed by atoms with Crippen LogP contribution in [0.4, 0.5) is 5.69 Å². The Morgan fingerprint density at radius 3 is 2.65 bits per heavy atom. The normalized spacial score (nSPS) is 21.7. The van der Waals surface area contributed by atoms with Gasteiger partial charge in [0.05, 0.1) is 18.6 Å². The van der Waals surface area contributed by atoms with Gasteiger partial charge in [0.15, 0.2) is 0 Å². The lowest BCUT2D eigenvalue weighted by atomic mass is 10.1. The Bertz CT molecular complexity index is 431. The Morgan fingerprint density at radius 2 is 2.05 bits per heavy atom. The van der Waals surface area contributed by atoms with Crippen LogP contribution in [0.3, 0.4) is 0 Å². The summed E-state index contributed by atoms with van der Waals surface area (Å²) in [5, 5.41) is 6.19. The number of likely N-dealkylation sites (N-methyl/N-ethyl adjacent to an activating group) is 1. The SMILES string of the molecule is CCNC(=O)Cc1ccc(NCC2CCC(C)O2)cc1. The maximum absolute atomic E-state index is 11.5. The van der Waals surface area contributed by atoms with Crippen LogP contribution in [0.2, 0.25) is 0 Å². The third-order valence-electron chi connectivity index (χ3n) is 3.55. The first kappa shape index (κ1) is 14.9. The monoisotopic (exact) mass is 276 g/mol. The standard InChI is InChI=1S/C16H24N2O2/c1-3-17-16(19)10-13-5-7-14(8-6-13)18-11-15-9-4-12(2)20-15/h5-8,12,15,18H,3-4,9-11H2,1-2H3,(H,17,19). The highest BCUT2D eigenvalue weighted by Gasteiger charge is 2.21. The number of carbonyl (C=O) groups is 1. The highest BCUT2D eigenvalue weighted by atomic mass is 16.5. The quantitative estimate of drug-likeness (QED) is 0.838. The molecule has 110 valence electrons. The van der Waals surface area contributed by atoms with Crippen LogP contribution in [0, 0.1) is 0 Å². The molecule has 1 aliphatic rings. The van der Waals surface area contributed by atoms with Gasteiger partial charge in [-0.15, -0.1) is 0 Å². The molecule has 2 atom stereocenters. The Morgan fingerprint density at radius 1 is 1.30 bits per heavy atom. The van der Waals surface area contributed by atoms with Crippen molar-refractivity contribution in [3.63, 3.8) is 0 Å². The van der Waals surface area contributed by atoms with Crippen LogP contribution in [0.5, 0.6) is 0 Å². The summed E-state index contributed by atoms with van der Waals surface area (Å²) in [7, 11) is 0. The number of ether oxygens (including phenoxy) is 1. The van der Waals surface area contributed by atoms with E-state index in [0.29, 0.717) is 25.2 Å². The number of rotatable bonds is 6. The van der Waals surface area contributed by atoms with Gasteiger partial charge < -0.3 is 15.4 Å². The molecule has 1 aromatic carbocycles. The molecule has 2 N–H and O–H groups in total. The predicted molar refractivity (Wildman–Crippen MR) is 80.9 cm³/mol. The van der Waals surface area contributed by atoms with E-state index < -0.39 is 0 Å². The molecule has 2 rings (SSSR count). The van der Waals surface area contributed by atoms with Gasteiger partial charge in [-0.2, -0.15) is 0 Å². The van der Waals surface area contributed by atoms with Crippen LogP contribution in [-0.4, -0.2) is 31.2 Å². The third kappa shape index (κ3) is 4.53. The van der Waals surface area contributed by atoms with Gasteiger partial charge in [0, 0.05) is 18.8 Å². The molecule has 0 saturated carbocycles. The highest BCUT2D eigenvalue weighted by molar-refractivity contribution is 5.78. The molecule has 0 bridgehead atoms. The largest absolute Gasteiger partial charge is 0.382 e. The Balaban J connectivity index is 1.78. The second kappa shape index (κ2) is 7.29. The topological polar surface area (TPSA) is 50.4 Å². The molecule has 0 spiro atoms. The average molecular weight is 276 g/mol. The predicted octanol–water partition coefficient (Wildman–Crippen LogP) is 2.34. The van der Waals surface area contributed by atoms with Crippen molar-refractivity contribution in [3.05, 3.63) is 29.8 Å². The van der Waals surface area contributed by atoms with Crippen LogP contribution in [0.25, 0.3) is 0 Å². The lowest BCUT2D eigenvalue weighted by Crippen LogP contribution is -2.24. The zero-order valence-electron chi connectivity index (χ0n) is 12.3. The van der Waals surface area contributed by atoms with Crippen molar-refractivity contribution in [1.82, 2.24) is 5.32 Å². The maximum atomic E-state index is 11.5. The molecule has 1 aromatic rings. The van der Waals surface area contributed by atoms with Crippen LogP contribution >= 0.6 is 0 Å². The molecule has 2 unspecified atom stereocenters. The van der Waals surface area contributed by atoms with Gasteiger partial charge in [0.1, 0.15) is 0 Å². The van der Waals surface area contributed by atoms with Crippen molar-refractivity contribution in [1.29, 1.82) is 0 Å². The molecule has 4 nitrogen and oxygen atoms in total. The van der Waals surface area contributed by atoms with E-state index >= 15 is 0 Å². The summed E-state index contributed by atoms with van der Waals surface area (Å²) in [5.74, 6) is 0.0709. The van der Waals surface area contributed by atoms with Crippen molar-refractivity contribution in [3.8, 4) is 0 Å². The fourth-order valence-electron chi connectivity index (χ4n) is 2.45. The van der Waals surface area contributed by atoms with E-state index in [2.05, 4.69) is 17.6 Å². The van der Waals surface area contributed by atoms with E-state index in [1.165, 1.54) is 0 Å². The minimum absolute atomic E-state index is 0.0709. The van der Waals surface area contributed by atoms with Gasteiger partial charge in [-0.25, -0.2) is 0 Å². The lowest BCUT2D eigenvalue weighted by molar-refractivity contribution is -0.120. The number of hydrogen-bond acceptors (Lipinski definition) is 3. The zero-order valence-corrected chi connectivity index (χ0v) is 12.3. The first-order valence-corrected chi connectivity index (χ1v) is 7.42. The average Bonchev–Trinajstić information content (AvgIpc) is 2.84. The van der Waals surface area contributed by atoms with Crippen LogP contribution in [0.15, 0.2) is 24.3 Å². The number of hydrogen-bond donors (Lipinski definition) is 2. The maximum Gasteiger partial charge on any atom is 0.224 e. The van der Waals surface area contributed by atoms with Crippen LogP contribution in [-0.2, 0) is 16.0 Å². The first-order chi connectivity index (χ1) is 9.67. The molecule has 1 heterocycles. The van der Waals surface area contributed by atoms with E-state index in [1.54, 1.807) is 0 Å². The van der Waals surface area contributed by atoms with Crippen molar-refractivity contribution in [2.45, 2.75) is 45.3 Å². The number of nitrogens with one attached hydrogen (secondary N) is 2. The molecule has 1 saturated heterocycles. The summed E-state index contributed by atoms with van der Waals surface area (Å²) in [6.07, 6.45) is 3.43. The Kier molecular flexibility index (Phi) is 5.41. The van der Waals surface area contributed by atoms with Crippen molar-refractivity contribution >= 4 is 11.6 Å². The molecular formula is C16H24N2O2. The smallest absolute Gasteiger partial charge is 0.224 e. The van der Waals surface area contributed by atoms with Crippen molar-refractivity contribution in [2.24, 2.45) is 0 Å². The molecule has 0 aromatic heterocycles. The molecule has 20 heavy (non-hydrogen) atoms.